The van der Waals surface area contributed by atoms with Gasteiger partial charge in [-0.15, -0.1) is 11.3 Å². The fourth-order valence-electron chi connectivity index (χ4n) is 4.99. The molecule has 1 aromatic heterocycles. The standard InChI is InChI=1S/C33H39NO5S/c1-24(35)21-38-30-12-7-26-6-5-25(18-28(26)19-30)22-39-33-20-34-14-13-32(33)27-8-10-29(11-9-27)37-16-3-15-36-23-31-4-2-17-40-31/h2,4-12,17-19,24,32-35H,3,13-16,20-23H2,1H3/t24?,32-,33+/m0/s1. The number of aliphatic hydroxyl groups excluding tert-OH is 1. The lowest BCUT2D eigenvalue weighted by atomic mass is 9.87. The van der Waals surface area contributed by atoms with Gasteiger partial charge in [-0.25, -0.2) is 0 Å². The number of hydrogen-bond acceptors (Lipinski definition) is 7. The molecule has 0 aliphatic carbocycles. The average molecular weight is 562 g/mol. The first-order chi connectivity index (χ1) is 19.6. The molecule has 1 fully saturated rings. The second kappa shape index (κ2) is 14.6. The van der Waals surface area contributed by atoms with E-state index in [-0.39, 0.29) is 12.7 Å². The average Bonchev–Trinajstić information content (AvgIpc) is 3.51. The van der Waals surface area contributed by atoms with Crippen molar-refractivity contribution in [1.29, 1.82) is 0 Å². The quantitative estimate of drug-likeness (QED) is 0.176. The van der Waals surface area contributed by atoms with Gasteiger partial charge in [-0.2, -0.15) is 0 Å². The lowest BCUT2D eigenvalue weighted by molar-refractivity contribution is 0.0106. The molecule has 0 saturated carbocycles. The molecule has 1 aliphatic rings. The Morgan fingerprint density at radius 1 is 0.925 bits per heavy atom. The highest BCUT2D eigenvalue weighted by Gasteiger charge is 2.27. The minimum Gasteiger partial charge on any atom is -0.494 e. The van der Waals surface area contributed by atoms with E-state index in [0.717, 1.165) is 53.8 Å². The maximum absolute atomic E-state index is 9.51. The number of aliphatic hydroxyl groups is 1. The van der Waals surface area contributed by atoms with Gasteiger partial charge in [0, 0.05) is 23.8 Å². The molecule has 1 unspecified atom stereocenters. The van der Waals surface area contributed by atoms with Crippen LogP contribution in [0, 0.1) is 0 Å². The van der Waals surface area contributed by atoms with E-state index in [2.05, 4.69) is 59.2 Å². The molecular formula is C33H39NO5S. The molecule has 4 aromatic rings. The Bertz CT molecular complexity index is 1310. The molecule has 6 nitrogen and oxygen atoms in total. The summed E-state index contributed by atoms with van der Waals surface area (Å²) in [7, 11) is 0. The van der Waals surface area contributed by atoms with Crippen molar-refractivity contribution >= 4 is 22.1 Å². The molecule has 212 valence electrons. The molecule has 0 radical (unpaired) electrons. The molecule has 0 bridgehead atoms. The van der Waals surface area contributed by atoms with Crippen LogP contribution in [0.1, 0.15) is 41.7 Å². The van der Waals surface area contributed by atoms with Crippen LogP contribution in [0.5, 0.6) is 11.5 Å². The third-order valence-corrected chi connectivity index (χ3v) is 7.94. The zero-order valence-electron chi connectivity index (χ0n) is 23.1. The molecule has 3 atom stereocenters. The van der Waals surface area contributed by atoms with Gasteiger partial charge in [-0.05, 0) is 83.6 Å². The van der Waals surface area contributed by atoms with E-state index in [1.54, 1.807) is 18.3 Å². The van der Waals surface area contributed by atoms with Crippen LogP contribution in [0.4, 0.5) is 0 Å². The van der Waals surface area contributed by atoms with Crippen LogP contribution < -0.4 is 14.8 Å². The van der Waals surface area contributed by atoms with Gasteiger partial charge in [0.25, 0.3) is 0 Å². The number of nitrogens with one attached hydrogen (secondary N) is 1. The molecule has 5 rings (SSSR count). The molecule has 0 amide bonds. The van der Waals surface area contributed by atoms with Gasteiger partial charge in [-0.3, -0.25) is 0 Å². The maximum atomic E-state index is 9.51. The SMILES string of the molecule is CC(O)COc1ccc2ccc(CO[C@@H]3CNCC[C@H]3c3ccc(OCCCOCc4cccs4)cc3)cc2c1. The third-order valence-electron chi connectivity index (χ3n) is 7.09. The van der Waals surface area contributed by atoms with Gasteiger partial charge < -0.3 is 29.4 Å². The minimum atomic E-state index is -0.497. The van der Waals surface area contributed by atoms with Crippen LogP contribution in [0.15, 0.2) is 78.2 Å². The second-order valence-corrected chi connectivity index (χ2v) is 11.4. The number of fused-ring (bicyclic) bond motifs is 1. The molecular weight excluding hydrogens is 522 g/mol. The zero-order valence-corrected chi connectivity index (χ0v) is 23.9. The van der Waals surface area contributed by atoms with Crippen LogP contribution in [0.3, 0.4) is 0 Å². The Morgan fingerprint density at radius 3 is 2.60 bits per heavy atom. The third kappa shape index (κ3) is 8.29. The first-order valence-corrected chi connectivity index (χ1v) is 15.0. The topological polar surface area (TPSA) is 69.2 Å². The van der Waals surface area contributed by atoms with Crippen molar-refractivity contribution in [2.45, 2.75) is 51.1 Å². The summed E-state index contributed by atoms with van der Waals surface area (Å²) < 4.78 is 23.8. The molecule has 2 N–H and O–H groups in total. The predicted octanol–water partition coefficient (Wildman–Crippen LogP) is 6.31. The van der Waals surface area contributed by atoms with E-state index >= 15 is 0 Å². The van der Waals surface area contributed by atoms with Crippen molar-refractivity contribution in [3.63, 3.8) is 0 Å². The van der Waals surface area contributed by atoms with Crippen LogP contribution in [0.2, 0.25) is 0 Å². The number of benzene rings is 3. The van der Waals surface area contributed by atoms with Crippen LogP contribution in [0.25, 0.3) is 10.8 Å². The van der Waals surface area contributed by atoms with E-state index in [1.807, 2.05) is 24.3 Å². The molecule has 2 heterocycles. The van der Waals surface area contributed by atoms with Crippen molar-refractivity contribution in [3.05, 3.63) is 94.2 Å². The Kier molecular flexibility index (Phi) is 10.4. The van der Waals surface area contributed by atoms with Crippen molar-refractivity contribution < 1.29 is 24.1 Å². The second-order valence-electron chi connectivity index (χ2n) is 10.4. The van der Waals surface area contributed by atoms with Crippen LogP contribution in [-0.2, 0) is 22.7 Å². The number of thiophene rings is 1. The Hall–Kier alpha value is -2.94. The normalized spacial score (nSPS) is 18.1. The van der Waals surface area contributed by atoms with E-state index in [0.29, 0.717) is 32.3 Å². The van der Waals surface area contributed by atoms with E-state index in [9.17, 15) is 5.11 Å². The molecule has 7 heteroatoms. The molecule has 1 aliphatic heterocycles. The first-order valence-electron chi connectivity index (χ1n) is 14.1. The summed E-state index contributed by atoms with van der Waals surface area (Å²) in [6.07, 6.45) is 1.50. The lowest BCUT2D eigenvalue weighted by Crippen LogP contribution is -2.40. The fourth-order valence-corrected chi connectivity index (χ4v) is 5.63. The summed E-state index contributed by atoms with van der Waals surface area (Å²) in [6, 6.07) is 25.1. The van der Waals surface area contributed by atoms with E-state index in [4.69, 9.17) is 18.9 Å². The Labute approximate surface area is 240 Å². The summed E-state index contributed by atoms with van der Waals surface area (Å²) in [4.78, 5) is 1.25. The fraction of sp³-hybridized carbons (Fsp3) is 0.394. The van der Waals surface area contributed by atoms with Gasteiger partial charge in [0.1, 0.15) is 18.1 Å². The Morgan fingerprint density at radius 2 is 1.77 bits per heavy atom. The number of ether oxygens (including phenoxy) is 4. The highest BCUT2D eigenvalue weighted by molar-refractivity contribution is 7.09. The summed E-state index contributed by atoms with van der Waals surface area (Å²) in [5.41, 5.74) is 2.42. The smallest absolute Gasteiger partial charge is 0.120 e. The molecule has 3 aromatic carbocycles. The van der Waals surface area contributed by atoms with Gasteiger partial charge in [0.2, 0.25) is 0 Å². The van der Waals surface area contributed by atoms with Crippen molar-refractivity contribution in [1.82, 2.24) is 5.32 Å². The highest BCUT2D eigenvalue weighted by Crippen LogP contribution is 2.30. The van der Waals surface area contributed by atoms with Gasteiger partial charge in [0.15, 0.2) is 0 Å². The summed E-state index contributed by atoms with van der Waals surface area (Å²) in [6.45, 7) is 6.38. The number of piperidine rings is 1. The van der Waals surface area contributed by atoms with Crippen LogP contribution >= 0.6 is 11.3 Å². The zero-order chi connectivity index (χ0) is 27.6. The monoisotopic (exact) mass is 561 g/mol. The van der Waals surface area contributed by atoms with Crippen molar-refractivity contribution in [2.24, 2.45) is 0 Å². The molecule has 0 spiro atoms. The van der Waals surface area contributed by atoms with E-state index in [1.165, 1.54) is 10.4 Å². The largest absolute Gasteiger partial charge is 0.494 e. The van der Waals surface area contributed by atoms with Crippen molar-refractivity contribution in [3.8, 4) is 11.5 Å². The van der Waals surface area contributed by atoms with Crippen molar-refractivity contribution in [2.75, 3.05) is 32.9 Å². The Balaban J connectivity index is 1.11. The van der Waals surface area contributed by atoms with Gasteiger partial charge in [-0.1, -0.05) is 36.4 Å². The summed E-state index contributed by atoms with van der Waals surface area (Å²) >= 11 is 1.72. The summed E-state index contributed by atoms with van der Waals surface area (Å²) in [5, 5.41) is 17.3. The summed E-state index contributed by atoms with van der Waals surface area (Å²) in [5.74, 6) is 1.99. The predicted molar refractivity (Wildman–Crippen MR) is 160 cm³/mol. The van der Waals surface area contributed by atoms with Gasteiger partial charge in [0.05, 0.1) is 38.6 Å². The van der Waals surface area contributed by atoms with E-state index < -0.39 is 6.10 Å². The van der Waals surface area contributed by atoms with Gasteiger partial charge >= 0.3 is 0 Å². The van der Waals surface area contributed by atoms with Crippen LogP contribution in [-0.4, -0.2) is 50.2 Å². The lowest BCUT2D eigenvalue weighted by Gasteiger charge is -2.32. The number of hydrogen-bond donors (Lipinski definition) is 2. The number of rotatable bonds is 14. The maximum Gasteiger partial charge on any atom is 0.120 e. The minimum absolute atomic E-state index is 0.0948. The first kappa shape index (κ1) is 28.6. The molecule has 1 saturated heterocycles. The highest BCUT2D eigenvalue weighted by atomic mass is 32.1. The molecule has 40 heavy (non-hydrogen) atoms.